The lowest BCUT2D eigenvalue weighted by atomic mass is 10.3. The van der Waals surface area contributed by atoms with Gasteiger partial charge in [0.2, 0.25) is 0 Å². The summed E-state index contributed by atoms with van der Waals surface area (Å²) in [5.74, 6) is -0.543. The second-order valence-electron chi connectivity index (χ2n) is 3.69. The fourth-order valence-corrected chi connectivity index (χ4v) is 1.78. The van der Waals surface area contributed by atoms with Crippen molar-refractivity contribution in [1.82, 2.24) is 0 Å². The highest BCUT2D eigenvalue weighted by Crippen LogP contribution is 2.22. The van der Waals surface area contributed by atoms with Crippen molar-refractivity contribution >= 4 is 40.6 Å². The molecule has 0 fully saturated rings. The van der Waals surface area contributed by atoms with Crippen LogP contribution in [0.15, 0.2) is 42.5 Å². The highest BCUT2D eigenvalue weighted by atomic mass is 35.5. The molecule has 2 N–H and O–H groups in total. The SMILES string of the molecule is O=C(Nc1ccc(F)c(Cl)c1)Nc1ccccc1Cl. The van der Waals surface area contributed by atoms with Crippen LogP contribution in [-0.2, 0) is 0 Å². The second-order valence-corrected chi connectivity index (χ2v) is 4.50. The molecule has 2 aromatic carbocycles. The van der Waals surface area contributed by atoms with Crippen molar-refractivity contribution in [3.63, 3.8) is 0 Å². The standard InChI is InChI=1S/C13H9Cl2FN2O/c14-9-3-1-2-4-12(9)18-13(19)17-8-5-6-11(16)10(15)7-8/h1-7H,(H2,17,18,19). The largest absolute Gasteiger partial charge is 0.323 e. The summed E-state index contributed by atoms with van der Waals surface area (Å²) in [4.78, 5) is 11.7. The molecule has 2 amide bonds. The zero-order valence-corrected chi connectivity index (χ0v) is 11.1. The van der Waals surface area contributed by atoms with Crippen molar-refractivity contribution in [3.8, 4) is 0 Å². The van der Waals surface area contributed by atoms with Gasteiger partial charge in [-0.05, 0) is 30.3 Å². The quantitative estimate of drug-likeness (QED) is 0.823. The minimum absolute atomic E-state index is 0.0597. The topological polar surface area (TPSA) is 41.1 Å². The van der Waals surface area contributed by atoms with Gasteiger partial charge in [0.25, 0.3) is 0 Å². The van der Waals surface area contributed by atoms with Crippen LogP contribution in [0.2, 0.25) is 10.0 Å². The number of urea groups is 1. The van der Waals surface area contributed by atoms with E-state index in [1.54, 1.807) is 24.3 Å². The van der Waals surface area contributed by atoms with Gasteiger partial charge in [-0.15, -0.1) is 0 Å². The molecule has 0 spiro atoms. The summed E-state index contributed by atoms with van der Waals surface area (Å²) in [5.41, 5.74) is 0.867. The van der Waals surface area contributed by atoms with Crippen molar-refractivity contribution in [2.75, 3.05) is 10.6 Å². The molecule has 0 aromatic heterocycles. The van der Waals surface area contributed by atoms with Crippen LogP contribution in [0, 0.1) is 5.82 Å². The molecule has 0 atom stereocenters. The van der Waals surface area contributed by atoms with Gasteiger partial charge in [0.15, 0.2) is 0 Å². The summed E-state index contributed by atoms with van der Waals surface area (Å²) in [6, 6.07) is 10.2. The Kier molecular flexibility index (Phi) is 4.24. The third-order valence-electron chi connectivity index (χ3n) is 2.30. The van der Waals surface area contributed by atoms with Gasteiger partial charge in [-0.1, -0.05) is 35.3 Å². The van der Waals surface area contributed by atoms with Crippen LogP contribution in [0.4, 0.5) is 20.6 Å². The number of carbonyl (C=O) groups is 1. The average molecular weight is 299 g/mol. The monoisotopic (exact) mass is 298 g/mol. The summed E-state index contributed by atoms with van der Waals surface area (Å²) in [7, 11) is 0. The molecule has 19 heavy (non-hydrogen) atoms. The lowest BCUT2D eigenvalue weighted by molar-refractivity contribution is 0.262. The fraction of sp³-hybridized carbons (Fsp3) is 0. The number of anilines is 2. The molecule has 0 aliphatic carbocycles. The minimum atomic E-state index is -0.543. The highest BCUT2D eigenvalue weighted by molar-refractivity contribution is 6.33. The number of nitrogens with one attached hydrogen (secondary N) is 2. The van der Waals surface area contributed by atoms with E-state index in [0.29, 0.717) is 16.4 Å². The molecule has 0 aliphatic rings. The van der Waals surface area contributed by atoms with Gasteiger partial charge in [0.1, 0.15) is 5.82 Å². The smallest absolute Gasteiger partial charge is 0.308 e. The van der Waals surface area contributed by atoms with Crippen molar-refractivity contribution in [2.24, 2.45) is 0 Å². The summed E-state index contributed by atoms with van der Waals surface area (Å²) in [5, 5.41) is 5.47. The van der Waals surface area contributed by atoms with E-state index < -0.39 is 11.8 Å². The summed E-state index contributed by atoms with van der Waals surface area (Å²) >= 11 is 11.5. The molecule has 0 saturated heterocycles. The van der Waals surface area contributed by atoms with E-state index in [1.165, 1.54) is 18.2 Å². The van der Waals surface area contributed by atoms with Crippen LogP contribution in [0.5, 0.6) is 0 Å². The molecule has 2 aromatic rings. The van der Waals surface area contributed by atoms with Gasteiger partial charge in [0, 0.05) is 5.69 Å². The van der Waals surface area contributed by atoms with E-state index in [2.05, 4.69) is 10.6 Å². The Morgan fingerprint density at radius 2 is 1.74 bits per heavy atom. The first kappa shape index (κ1) is 13.6. The van der Waals surface area contributed by atoms with Gasteiger partial charge in [-0.25, -0.2) is 9.18 Å². The van der Waals surface area contributed by atoms with E-state index >= 15 is 0 Å². The van der Waals surface area contributed by atoms with E-state index in [4.69, 9.17) is 23.2 Å². The average Bonchev–Trinajstić information content (AvgIpc) is 2.37. The molecule has 0 unspecified atom stereocenters. The maximum Gasteiger partial charge on any atom is 0.323 e. The molecular formula is C13H9Cl2FN2O. The third kappa shape index (κ3) is 3.59. The zero-order valence-electron chi connectivity index (χ0n) is 9.58. The van der Waals surface area contributed by atoms with Gasteiger partial charge < -0.3 is 10.6 Å². The number of para-hydroxylation sites is 1. The van der Waals surface area contributed by atoms with E-state index in [9.17, 15) is 9.18 Å². The minimum Gasteiger partial charge on any atom is -0.308 e. The first-order valence-corrected chi connectivity index (χ1v) is 6.09. The first-order valence-electron chi connectivity index (χ1n) is 5.34. The maximum atomic E-state index is 13.0. The lowest BCUT2D eigenvalue weighted by Gasteiger charge is -2.09. The third-order valence-corrected chi connectivity index (χ3v) is 2.92. The van der Waals surface area contributed by atoms with Crippen LogP contribution >= 0.6 is 23.2 Å². The predicted molar refractivity (Wildman–Crippen MR) is 75.5 cm³/mol. The Labute approximate surface area is 119 Å². The molecule has 98 valence electrons. The van der Waals surface area contributed by atoms with Gasteiger partial charge >= 0.3 is 6.03 Å². The van der Waals surface area contributed by atoms with Crippen LogP contribution in [0.3, 0.4) is 0 Å². The van der Waals surface area contributed by atoms with E-state index in [1.807, 2.05) is 0 Å². The summed E-state index contributed by atoms with van der Waals surface area (Å²) in [6.45, 7) is 0. The molecule has 0 aliphatic heterocycles. The molecule has 3 nitrogen and oxygen atoms in total. The number of amides is 2. The molecule has 0 saturated carbocycles. The second kappa shape index (κ2) is 5.91. The van der Waals surface area contributed by atoms with Crippen molar-refractivity contribution < 1.29 is 9.18 Å². The Balaban J connectivity index is 2.05. The van der Waals surface area contributed by atoms with Crippen LogP contribution in [0.1, 0.15) is 0 Å². The van der Waals surface area contributed by atoms with Gasteiger partial charge in [-0.2, -0.15) is 0 Å². The van der Waals surface area contributed by atoms with Crippen molar-refractivity contribution in [3.05, 3.63) is 58.3 Å². The van der Waals surface area contributed by atoms with E-state index in [-0.39, 0.29) is 5.02 Å². The molecular weight excluding hydrogens is 290 g/mol. The lowest BCUT2D eigenvalue weighted by Crippen LogP contribution is -2.19. The Morgan fingerprint density at radius 1 is 1.00 bits per heavy atom. The molecule has 0 heterocycles. The van der Waals surface area contributed by atoms with E-state index in [0.717, 1.165) is 0 Å². The van der Waals surface area contributed by atoms with Crippen LogP contribution < -0.4 is 10.6 Å². The Bertz CT molecular complexity index is 619. The fourth-order valence-electron chi connectivity index (χ4n) is 1.42. The molecule has 2 rings (SSSR count). The zero-order chi connectivity index (χ0) is 13.8. The number of benzene rings is 2. The number of hydrogen-bond acceptors (Lipinski definition) is 1. The van der Waals surface area contributed by atoms with Crippen LogP contribution in [-0.4, -0.2) is 6.03 Å². The van der Waals surface area contributed by atoms with Crippen LogP contribution in [0.25, 0.3) is 0 Å². The number of hydrogen-bond donors (Lipinski definition) is 2. The summed E-state index contributed by atoms with van der Waals surface area (Å²) < 4.78 is 13.0. The molecule has 0 radical (unpaired) electrons. The van der Waals surface area contributed by atoms with Crippen molar-refractivity contribution in [2.45, 2.75) is 0 Å². The normalized spacial score (nSPS) is 10.1. The molecule has 0 bridgehead atoms. The highest BCUT2D eigenvalue weighted by Gasteiger charge is 2.07. The predicted octanol–water partition coefficient (Wildman–Crippen LogP) is 4.78. The Morgan fingerprint density at radius 3 is 2.42 bits per heavy atom. The number of rotatable bonds is 2. The summed E-state index contributed by atoms with van der Waals surface area (Å²) in [6.07, 6.45) is 0. The maximum absolute atomic E-state index is 13.0. The van der Waals surface area contributed by atoms with Gasteiger partial charge in [-0.3, -0.25) is 0 Å². The number of halogens is 3. The van der Waals surface area contributed by atoms with Crippen molar-refractivity contribution in [1.29, 1.82) is 0 Å². The number of carbonyl (C=O) groups excluding carboxylic acids is 1. The Hall–Kier alpha value is -1.78. The van der Waals surface area contributed by atoms with Gasteiger partial charge in [0.05, 0.1) is 15.7 Å². The first-order chi connectivity index (χ1) is 9.06. The molecule has 6 heteroatoms.